The summed E-state index contributed by atoms with van der Waals surface area (Å²) >= 11 is 5.34. The molecular formula is C12H8BrIN2O3. The molecule has 5 nitrogen and oxygen atoms in total. The summed E-state index contributed by atoms with van der Waals surface area (Å²) in [5, 5.41) is 13.0. The number of amides is 1. The Hall–Kier alpha value is -1.35. The highest BCUT2D eigenvalue weighted by molar-refractivity contribution is 14.1. The molecule has 0 saturated carbocycles. The second kappa shape index (κ2) is 6.20. The molecule has 7 heteroatoms. The van der Waals surface area contributed by atoms with Crippen LogP contribution in [-0.2, 0) is 0 Å². The summed E-state index contributed by atoms with van der Waals surface area (Å²) in [6.45, 7) is 0. The van der Waals surface area contributed by atoms with E-state index < -0.39 is 5.91 Å². The van der Waals surface area contributed by atoms with Crippen molar-refractivity contribution in [1.82, 2.24) is 5.43 Å². The molecule has 2 rings (SSSR count). The van der Waals surface area contributed by atoms with E-state index in [4.69, 9.17) is 4.42 Å². The highest BCUT2D eigenvalue weighted by Gasteiger charge is 2.05. The van der Waals surface area contributed by atoms with Gasteiger partial charge in [-0.25, -0.2) is 5.43 Å². The number of carbonyl (C=O) groups excluding carboxylic acids is 1. The van der Waals surface area contributed by atoms with Crippen molar-refractivity contribution in [2.75, 3.05) is 0 Å². The minimum atomic E-state index is -0.410. The summed E-state index contributed by atoms with van der Waals surface area (Å²) in [5.74, 6) is 0.140. The minimum absolute atomic E-state index is 0.0288. The molecule has 0 aliphatic rings. The van der Waals surface area contributed by atoms with E-state index in [2.05, 4.69) is 26.5 Å². The second-order valence-electron chi connectivity index (χ2n) is 3.52. The van der Waals surface area contributed by atoms with Gasteiger partial charge in [0.1, 0.15) is 11.5 Å². The van der Waals surface area contributed by atoms with E-state index in [0.717, 1.165) is 4.47 Å². The number of aromatic hydroxyl groups is 1. The number of furan rings is 1. The number of phenols is 1. The van der Waals surface area contributed by atoms with Crippen LogP contribution in [0, 0.1) is 3.77 Å². The lowest BCUT2D eigenvalue weighted by Crippen LogP contribution is -2.17. The van der Waals surface area contributed by atoms with Crippen molar-refractivity contribution in [2.24, 2.45) is 5.10 Å². The molecule has 0 aliphatic heterocycles. The Balaban J connectivity index is 2.00. The molecule has 0 bridgehead atoms. The van der Waals surface area contributed by atoms with Crippen LogP contribution < -0.4 is 5.43 Å². The van der Waals surface area contributed by atoms with Crippen LogP contribution in [0.5, 0.6) is 5.75 Å². The van der Waals surface area contributed by atoms with Crippen molar-refractivity contribution in [3.05, 3.63) is 49.9 Å². The molecule has 2 N–H and O–H groups in total. The average molecular weight is 435 g/mol. The first-order valence-electron chi connectivity index (χ1n) is 5.13. The topological polar surface area (TPSA) is 74.8 Å². The molecule has 2 aromatic rings. The summed E-state index contributed by atoms with van der Waals surface area (Å²) in [6.07, 6.45) is 1.40. The Morgan fingerprint density at radius 3 is 2.89 bits per heavy atom. The quantitative estimate of drug-likeness (QED) is 0.442. The fourth-order valence-corrected chi connectivity index (χ4v) is 2.01. The first kappa shape index (κ1) is 14.1. The van der Waals surface area contributed by atoms with Gasteiger partial charge in [0.05, 0.1) is 10.7 Å². The van der Waals surface area contributed by atoms with E-state index in [1.807, 2.05) is 22.6 Å². The van der Waals surface area contributed by atoms with Crippen molar-refractivity contribution in [1.29, 1.82) is 0 Å². The molecule has 0 atom stereocenters. The van der Waals surface area contributed by atoms with Crippen molar-refractivity contribution in [2.45, 2.75) is 0 Å². The molecule has 0 fully saturated rings. The first-order chi connectivity index (χ1) is 9.06. The fourth-order valence-electron chi connectivity index (χ4n) is 1.29. The molecule has 1 aromatic carbocycles. The largest absolute Gasteiger partial charge is 0.508 e. The number of carbonyl (C=O) groups is 1. The summed E-state index contributed by atoms with van der Waals surface area (Å²) in [6, 6.07) is 7.75. The Kier molecular flexibility index (Phi) is 4.59. The number of hydrazone groups is 1. The molecule has 1 aromatic heterocycles. The number of nitrogens with one attached hydrogen (secondary N) is 1. The maximum Gasteiger partial charge on any atom is 0.271 e. The summed E-state index contributed by atoms with van der Waals surface area (Å²) in [7, 11) is 0. The van der Waals surface area contributed by atoms with Gasteiger partial charge in [-0.05, 0) is 34.1 Å². The van der Waals surface area contributed by atoms with Gasteiger partial charge in [0.2, 0.25) is 0 Å². The van der Waals surface area contributed by atoms with Crippen LogP contribution in [0.15, 0.2) is 44.3 Å². The number of halogens is 2. The van der Waals surface area contributed by atoms with Crippen LogP contribution in [0.25, 0.3) is 0 Å². The molecule has 0 spiro atoms. The number of benzene rings is 1. The zero-order chi connectivity index (χ0) is 13.8. The normalized spacial score (nSPS) is 10.8. The predicted molar refractivity (Wildman–Crippen MR) is 82.3 cm³/mol. The van der Waals surface area contributed by atoms with Gasteiger partial charge in [0, 0.05) is 34.2 Å². The summed E-state index contributed by atoms with van der Waals surface area (Å²) in [4.78, 5) is 11.7. The highest BCUT2D eigenvalue weighted by Crippen LogP contribution is 2.21. The number of rotatable bonds is 3. The van der Waals surface area contributed by atoms with Gasteiger partial charge in [0.25, 0.3) is 5.91 Å². The van der Waals surface area contributed by atoms with E-state index in [9.17, 15) is 9.90 Å². The molecule has 0 radical (unpaired) electrons. The number of nitrogens with zero attached hydrogens (tertiary/aromatic N) is 1. The Morgan fingerprint density at radius 2 is 2.26 bits per heavy atom. The van der Waals surface area contributed by atoms with Crippen LogP contribution in [0.3, 0.4) is 0 Å². The van der Waals surface area contributed by atoms with Crippen LogP contribution in [0.4, 0.5) is 0 Å². The van der Waals surface area contributed by atoms with Gasteiger partial charge >= 0.3 is 0 Å². The van der Waals surface area contributed by atoms with Crippen molar-refractivity contribution >= 4 is 50.6 Å². The van der Waals surface area contributed by atoms with Gasteiger partial charge in [-0.1, -0.05) is 6.07 Å². The lowest BCUT2D eigenvalue weighted by atomic mass is 10.2. The summed E-state index contributed by atoms with van der Waals surface area (Å²) in [5.41, 5.74) is 2.67. The van der Waals surface area contributed by atoms with Gasteiger partial charge < -0.3 is 9.52 Å². The highest BCUT2D eigenvalue weighted by atomic mass is 127. The molecule has 19 heavy (non-hydrogen) atoms. The number of hydrogen-bond acceptors (Lipinski definition) is 4. The zero-order valence-corrected chi connectivity index (χ0v) is 13.2. The SMILES string of the molecule is O=C(N/N=C/c1cc(Br)c(I)o1)c1cccc(O)c1. The lowest BCUT2D eigenvalue weighted by Gasteiger charge is -1.99. The van der Waals surface area contributed by atoms with E-state index in [1.165, 1.54) is 18.3 Å². The van der Waals surface area contributed by atoms with E-state index in [1.54, 1.807) is 18.2 Å². The average Bonchev–Trinajstić information content (AvgIpc) is 2.68. The second-order valence-corrected chi connectivity index (χ2v) is 5.35. The number of phenolic OH excluding ortho intramolecular Hbond substituents is 1. The van der Waals surface area contributed by atoms with E-state index >= 15 is 0 Å². The smallest absolute Gasteiger partial charge is 0.271 e. The zero-order valence-electron chi connectivity index (χ0n) is 9.43. The van der Waals surface area contributed by atoms with Crippen LogP contribution >= 0.6 is 38.5 Å². The first-order valence-corrected chi connectivity index (χ1v) is 7.00. The fraction of sp³-hybridized carbons (Fsp3) is 0. The molecule has 1 amide bonds. The maximum absolute atomic E-state index is 11.7. The van der Waals surface area contributed by atoms with Crippen molar-refractivity contribution in [3.8, 4) is 5.75 Å². The van der Waals surface area contributed by atoms with Gasteiger partial charge in [0.15, 0.2) is 3.77 Å². The van der Waals surface area contributed by atoms with Crippen molar-refractivity contribution < 1.29 is 14.3 Å². The third-order valence-corrected chi connectivity index (χ3v) is 4.26. The standard InChI is InChI=1S/C12H8BrIN2O3/c13-10-5-9(19-11(10)14)6-15-16-12(18)7-2-1-3-8(17)4-7/h1-6,17H,(H,16,18)/b15-6+. The lowest BCUT2D eigenvalue weighted by molar-refractivity contribution is 0.0954. The van der Waals surface area contributed by atoms with Crippen LogP contribution in [-0.4, -0.2) is 17.2 Å². The predicted octanol–water partition coefficient (Wildman–Crippen LogP) is 3.12. The monoisotopic (exact) mass is 434 g/mol. The van der Waals surface area contributed by atoms with Crippen LogP contribution in [0.1, 0.15) is 16.1 Å². The third kappa shape index (κ3) is 3.80. The van der Waals surface area contributed by atoms with Crippen molar-refractivity contribution in [3.63, 3.8) is 0 Å². The van der Waals surface area contributed by atoms with E-state index in [-0.39, 0.29) is 5.75 Å². The Morgan fingerprint density at radius 1 is 1.47 bits per heavy atom. The van der Waals surface area contributed by atoms with Gasteiger partial charge in [-0.15, -0.1) is 0 Å². The third-order valence-electron chi connectivity index (χ3n) is 2.13. The molecule has 0 saturated heterocycles. The molecule has 0 aliphatic carbocycles. The van der Waals surface area contributed by atoms with Gasteiger partial charge in [-0.3, -0.25) is 4.79 Å². The Labute approximate surface area is 131 Å². The molecular weight excluding hydrogens is 427 g/mol. The maximum atomic E-state index is 11.7. The van der Waals surface area contributed by atoms with Crippen LogP contribution in [0.2, 0.25) is 0 Å². The minimum Gasteiger partial charge on any atom is -0.508 e. The number of hydrogen-bond donors (Lipinski definition) is 2. The molecule has 98 valence electrons. The Bertz CT molecular complexity index is 620. The van der Waals surface area contributed by atoms with E-state index in [0.29, 0.717) is 15.1 Å². The molecule has 0 unspecified atom stereocenters. The van der Waals surface area contributed by atoms with Gasteiger partial charge in [-0.2, -0.15) is 5.10 Å². The summed E-state index contributed by atoms with van der Waals surface area (Å²) < 4.78 is 6.85. The molecule has 1 heterocycles.